The highest BCUT2D eigenvalue weighted by Gasteiger charge is 2.11. The van der Waals surface area contributed by atoms with E-state index in [0.717, 1.165) is 0 Å². The largest absolute Gasteiger partial charge is 0.381 e. The van der Waals surface area contributed by atoms with Gasteiger partial charge >= 0.3 is 0 Å². The number of fused-ring (bicyclic) bond motifs is 1. The van der Waals surface area contributed by atoms with Gasteiger partial charge in [0.1, 0.15) is 0 Å². The van der Waals surface area contributed by atoms with Crippen LogP contribution in [0.2, 0.25) is 5.02 Å². The van der Waals surface area contributed by atoms with Crippen molar-refractivity contribution in [3.8, 4) is 0 Å². The van der Waals surface area contributed by atoms with E-state index in [1.54, 1.807) is 12.1 Å². The number of aromatic nitrogens is 4. The van der Waals surface area contributed by atoms with Crippen LogP contribution in [0.3, 0.4) is 0 Å². The summed E-state index contributed by atoms with van der Waals surface area (Å²) >= 11 is 6.03. The number of halogens is 1. The second-order valence-corrected chi connectivity index (χ2v) is 3.88. The molecule has 0 radical (unpaired) electrons. The molecule has 8 heteroatoms. The molecular weight excluding hydrogens is 256 g/mol. The van der Waals surface area contributed by atoms with Crippen LogP contribution in [0, 0.1) is 0 Å². The van der Waals surface area contributed by atoms with E-state index in [9.17, 15) is 0 Å². The number of benzene rings is 1. The van der Waals surface area contributed by atoms with E-state index >= 15 is 0 Å². The van der Waals surface area contributed by atoms with Gasteiger partial charge in [-0.15, -0.1) is 0 Å². The number of rotatable bonds is 2. The topological polar surface area (TPSA) is 103 Å². The molecule has 7 nitrogen and oxygen atoms in total. The van der Waals surface area contributed by atoms with Crippen LogP contribution in [0.25, 0.3) is 11.3 Å². The van der Waals surface area contributed by atoms with Crippen molar-refractivity contribution >= 4 is 40.2 Å². The molecule has 0 saturated heterocycles. The molecule has 0 saturated carbocycles. The first-order valence-corrected chi connectivity index (χ1v) is 5.39. The third-order valence-corrected chi connectivity index (χ3v) is 2.60. The molecule has 0 aliphatic carbocycles. The van der Waals surface area contributed by atoms with Crippen LogP contribution < -0.4 is 11.1 Å². The quantitative estimate of drug-likeness (QED) is 0.728. The highest BCUT2D eigenvalue weighted by atomic mass is 35.5. The van der Waals surface area contributed by atoms with Crippen LogP contribution in [0.15, 0.2) is 28.9 Å². The summed E-state index contributed by atoms with van der Waals surface area (Å²) in [6.45, 7) is 0. The number of para-hydroxylation sites is 1. The third-order valence-electron chi connectivity index (χ3n) is 2.27. The molecule has 0 unspecified atom stereocenters. The number of anilines is 3. The average molecular weight is 263 g/mol. The molecule has 0 atom stereocenters. The van der Waals surface area contributed by atoms with Crippen LogP contribution in [0.4, 0.5) is 17.3 Å². The SMILES string of the molecule is Nc1nc2nonc2nc1Nc1ccccc1Cl. The number of nitrogens with two attached hydrogens (primary N) is 1. The molecule has 0 aliphatic heterocycles. The number of nitrogens with one attached hydrogen (secondary N) is 1. The lowest BCUT2D eigenvalue weighted by Crippen LogP contribution is -2.02. The van der Waals surface area contributed by atoms with Gasteiger partial charge in [-0.1, -0.05) is 23.7 Å². The third kappa shape index (κ3) is 1.80. The smallest absolute Gasteiger partial charge is 0.245 e. The summed E-state index contributed by atoms with van der Waals surface area (Å²) in [7, 11) is 0. The van der Waals surface area contributed by atoms with Gasteiger partial charge in [0.05, 0.1) is 10.7 Å². The van der Waals surface area contributed by atoms with Crippen molar-refractivity contribution < 1.29 is 4.63 Å². The van der Waals surface area contributed by atoms with Gasteiger partial charge in [0.15, 0.2) is 11.6 Å². The summed E-state index contributed by atoms with van der Waals surface area (Å²) in [6, 6.07) is 7.22. The summed E-state index contributed by atoms with van der Waals surface area (Å²) in [5, 5.41) is 10.7. The summed E-state index contributed by atoms with van der Waals surface area (Å²) in [4.78, 5) is 8.15. The van der Waals surface area contributed by atoms with E-state index in [1.165, 1.54) is 0 Å². The molecule has 0 fully saturated rings. The van der Waals surface area contributed by atoms with Crippen molar-refractivity contribution in [2.75, 3.05) is 11.1 Å². The van der Waals surface area contributed by atoms with Crippen LogP contribution in [0.5, 0.6) is 0 Å². The summed E-state index contributed by atoms with van der Waals surface area (Å²) < 4.78 is 4.51. The lowest BCUT2D eigenvalue weighted by Gasteiger charge is -2.08. The predicted molar refractivity (Wildman–Crippen MR) is 66.5 cm³/mol. The Balaban J connectivity index is 2.04. The first-order valence-electron chi connectivity index (χ1n) is 5.01. The van der Waals surface area contributed by atoms with Crippen molar-refractivity contribution in [3.63, 3.8) is 0 Å². The van der Waals surface area contributed by atoms with Gasteiger partial charge in [0.2, 0.25) is 11.3 Å². The van der Waals surface area contributed by atoms with Crippen molar-refractivity contribution in [1.29, 1.82) is 0 Å². The molecule has 0 aliphatic rings. The number of nitrogens with zero attached hydrogens (tertiary/aromatic N) is 4. The van der Waals surface area contributed by atoms with E-state index in [-0.39, 0.29) is 17.1 Å². The highest BCUT2D eigenvalue weighted by Crippen LogP contribution is 2.26. The zero-order chi connectivity index (χ0) is 12.5. The molecule has 0 spiro atoms. The minimum Gasteiger partial charge on any atom is -0.381 e. The molecule has 3 rings (SSSR count). The van der Waals surface area contributed by atoms with Crippen molar-refractivity contribution in [3.05, 3.63) is 29.3 Å². The summed E-state index contributed by atoms with van der Waals surface area (Å²) in [6.07, 6.45) is 0. The molecule has 2 aromatic heterocycles. The maximum atomic E-state index is 6.03. The van der Waals surface area contributed by atoms with E-state index in [2.05, 4.69) is 30.2 Å². The van der Waals surface area contributed by atoms with Gasteiger partial charge in [0.25, 0.3) is 0 Å². The van der Waals surface area contributed by atoms with Crippen LogP contribution in [-0.4, -0.2) is 20.3 Å². The molecular formula is C10H7ClN6O. The fourth-order valence-electron chi connectivity index (χ4n) is 1.43. The maximum Gasteiger partial charge on any atom is 0.245 e. The Bertz CT molecular complexity index is 712. The van der Waals surface area contributed by atoms with Crippen LogP contribution in [-0.2, 0) is 0 Å². The Kier molecular flexibility index (Phi) is 2.45. The average Bonchev–Trinajstić information content (AvgIpc) is 2.79. The monoisotopic (exact) mass is 262 g/mol. The molecule has 3 aromatic rings. The fourth-order valence-corrected chi connectivity index (χ4v) is 1.62. The number of nitrogen functional groups attached to an aromatic ring is 1. The molecule has 90 valence electrons. The first kappa shape index (κ1) is 10.7. The van der Waals surface area contributed by atoms with Crippen LogP contribution >= 0.6 is 11.6 Å². The predicted octanol–water partition coefficient (Wildman–Crippen LogP) is 1.99. The van der Waals surface area contributed by atoms with Gasteiger partial charge in [0, 0.05) is 0 Å². The van der Waals surface area contributed by atoms with Gasteiger partial charge in [-0.05, 0) is 22.4 Å². The second-order valence-electron chi connectivity index (χ2n) is 3.47. The van der Waals surface area contributed by atoms with Crippen LogP contribution in [0.1, 0.15) is 0 Å². The Morgan fingerprint density at radius 3 is 2.61 bits per heavy atom. The van der Waals surface area contributed by atoms with E-state index in [0.29, 0.717) is 16.5 Å². The fraction of sp³-hybridized carbons (Fsp3) is 0. The van der Waals surface area contributed by atoms with E-state index < -0.39 is 0 Å². The summed E-state index contributed by atoms with van der Waals surface area (Å²) in [5.41, 5.74) is 6.97. The zero-order valence-corrected chi connectivity index (χ0v) is 9.72. The van der Waals surface area contributed by atoms with E-state index in [4.69, 9.17) is 17.3 Å². The standard InChI is InChI=1S/C10H7ClN6O/c11-5-3-1-2-4-6(5)13-8-7(12)14-9-10(15-8)17-18-16-9/h1-4H,(H2,12,14,16)(H,13,15,17). The molecule has 0 bridgehead atoms. The van der Waals surface area contributed by atoms with Crippen molar-refractivity contribution in [2.45, 2.75) is 0 Å². The lowest BCUT2D eigenvalue weighted by atomic mass is 10.3. The minimum absolute atomic E-state index is 0.193. The summed E-state index contributed by atoms with van der Waals surface area (Å²) in [5.74, 6) is 0.546. The van der Waals surface area contributed by atoms with Crippen molar-refractivity contribution in [1.82, 2.24) is 20.3 Å². The molecule has 0 amide bonds. The zero-order valence-electron chi connectivity index (χ0n) is 8.96. The Morgan fingerprint density at radius 2 is 1.83 bits per heavy atom. The highest BCUT2D eigenvalue weighted by molar-refractivity contribution is 6.33. The molecule has 18 heavy (non-hydrogen) atoms. The Labute approximate surface area is 106 Å². The van der Waals surface area contributed by atoms with E-state index in [1.807, 2.05) is 12.1 Å². The van der Waals surface area contributed by atoms with Gasteiger partial charge in [-0.3, -0.25) is 0 Å². The van der Waals surface area contributed by atoms with Crippen molar-refractivity contribution in [2.24, 2.45) is 0 Å². The normalized spacial score (nSPS) is 10.7. The maximum absolute atomic E-state index is 6.03. The Morgan fingerprint density at radius 1 is 1.11 bits per heavy atom. The number of hydrogen-bond donors (Lipinski definition) is 2. The van der Waals surface area contributed by atoms with Gasteiger partial charge < -0.3 is 11.1 Å². The first-order chi connectivity index (χ1) is 8.74. The van der Waals surface area contributed by atoms with Gasteiger partial charge in [-0.2, -0.15) is 0 Å². The molecule has 3 N–H and O–H groups in total. The second kappa shape index (κ2) is 4.11. The molecule has 1 aromatic carbocycles. The van der Waals surface area contributed by atoms with Gasteiger partial charge in [-0.25, -0.2) is 14.6 Å². The lowest BCUT2D eigenvalue weighted by molar-refractivity contribution is 0.314. The number of hydrogen-bond acceptors (Lipinski definition) is 7. The minimum atomic E-state index is 0.193. The molecule has 2 heterocycles. The Hall–Kier alpha value is -2.41.